The maximum absolute atomic E-state index is 13.9. The smallest absolute Gasteiger partial charge is 0.251 e. The molecule has 46 heavy (non-hydrogen) atoms. The van der Waals surface area contributed by atoms with E-state index in [4.69, 9.17) is 0 Å². The maximum atomic E-state index is 13.9. The lowest BCUT2D eigenvalue weighted by atomic mass is 9.96. The fraction of sp³-hybridized carbons (Fsp3) is 0.333. The van der Waals surface area contributed by atoms with Crippen molar-refractivity contribution in [1.29, 1.82) is 0 Å². The highest BCUT2D eigenvalue weighted by Gasteiger charge is 2.36. The van der Waals surface area contributed by atoms with E-state index in [1.165, 1.54) is 0 Å². The highest BCUT2D eigenvalue weighted by atomic mass is 16.2. The molecule has 0 aliphatic carbocycles. The molecule has 2 aromatic rings. The minimum absolute atomic E-state index is 0.265. The Balaban J connectivity index is 1.47. The second-order valence-electron chi connectivity index (χ2n) is 12.5. The van der Waals surface area contributed by atoms with Gasteiger partial charge in [0.1, 0.15) is 12.1 Å². The third-order valence-corrected chi connectivity index (χ3v) is 8.23. The van der Waals surface area contributed by atoms with E-state index in [-0.39, 0.29) is 23.0 Å². The number of nitrogens with one attached hydrogen (secondary N) is 4. The molecule has 1 fully saturated rings. The van der Waals surface area contributed by atoms with Crippen LogP contribution in [-0.2, 0) is 32.3 Å². The Morgan fingerprint density at radius 1 is 0.565 bits per heavy atom. The van der Waals surface area contributed by atoms with Crippen molar-refractivity contribution < 1.29 is 19.2 Å². The van der Waals surface area contributed by atoms with Crippen LogP contribution in [0.1, 0.15) is 38.8 Å². The number of carbonyl (C=O) groups is 4. The summed E-state index contributed by atoms with van der Waals surface area (Å²) in [4.78, 5) is 59.0. The second-order valence-corrected chi connectivity index (χ2v) is 12.5. The van der Waals surface area contributed by atoms with Crippen LogP contribution in [0.4, 0.5) is 0 Å². The molecule has 0 spiro atoms. The van der Waals surface area contributed by atoms with Crippen molar-refractivity contribution in [2.45, 2.75) is 65.0 Å². The van der Waals surface area contributed by atoms with E-state index in [2.05, 4.69) is 21.3 Å². The zero-order chi connectivity index (χ0) is 32.8. The van der Waals surface area contributed by atoms with Crippen LogP contribution >= 0.6 is 0 Å². The summed E-state index contributed by atoms with van der Waals surface area (Å²) in [7, 11) is 0. The van der Waals surface area contributed by atoms with Gasteiger partial charge < -0.3 is 31.1 Å². The summed E-state index contributed by atoms with van der Waals surface area (Å²) >= 11 is 0. The molecule has 10 nitrogen and oxygen atoms in total. The van der Waals surface area contributed by atoms with Crippen molar-refractivity contribution >= 4 is 23.6 Å². The number of hydrogen-bond donors (Lipinski definition) is 4. The molecule has 0 radical (unpaired) electrons. The molecule has 2 aromatic carbocycles. The van der Waals surface area contributed by atoms with E-state index in [0.29, 0.717) is 13.1 Å². The van der Waals surface area contributed by atoms with Crippen molar-refractivity contribution in [3.8, 4) is 0 Å². The third-order valence-electron chi connectivity index (χ3n) is 8.23. The molecule has 0 saturated carbocycles. The van der Waals surface area contributed by atoms with Crippen LogP contribution in [0.25, 0.3) is 0 Å². The molecule has 0 aromatic heterocycles. The number of amides is 4. The lowest BCUT2D eigenvalue weighted by Gasteiger charge is -2.33. The molecule has 10 heteroatoms. The van der Waals surface area contributed by atoms with Crippen LogP contribution in [0.2, 0.25) is 0 Å². The van der Waals surface area contributed by atoms with Gasteiger partial charge in [-0.25, -0.2) is 0 Å². The van der Waals surface area contributed by atoms with E-state index < -0.39 is 47.8 Å². The van der Waals surface area contributed by atoms with Crippen molar-refractivity contribution in [3.05, 3.63) is 120 Å². The first-order valence-electron chi connectivity index (χ1n) is 15.7. The summed E-state index contributed by atoms with van der Waals surface area (Å²) < 4.78 is 0. The monoisotopic (exact) mass is 622 g/mol. The van der Waals surface area contributed by atoms with E-state index in [1.807, 2.05) is 111 Å². The van der Waals surface area contributed by atoms with Gasteiger partial charge in [-0.15, -0.1) is 0 Å². The molecule has 3 heterocycles. The molecule has 4 amide bonds. The summed E-state index contributed by atoms with van der Waals surface area (Å²) in [5, 5.41) is 11.8. The van der Waals surface area contributed by atoms with E-state index >= 15 is 0 Å². The molecular formula is C36H42N6O4. The SMILES string of the molecule is CC(C)C1NC(=O)C2=CN(Cc3ccccc3)C=CC2NC(=O)C(C(C)C)NC(=O)C2=CN(Cc3ccccc3)C=CC2NC1=O. The van der Waals surface area contributed by atoms with Crippen LogP contribution in [0.3, 0.4) is 0 Å². The van der Waals surface area contributed by atoms with Crippen molar-refractivity contribution in [1.82, 2.24) is 31.1 Å². The number of rotatable bonds is 6. The quantitative estimate of drug-likeness (QED) is 0.393. The molecule has 0 bridgehead atoms. The van der Waals surface area contributed by atoms with E-state index in [0.717, 1.165) is 11.1 Å². The highest BCUT2D eigenvalue weighted by Crippen LogP contribution is 2.21. The summed E-state index contributed by atoms with van der Waals surface area (Å²) in [5.74, 6) is -2.29. The van der Waals surface area contributed by atoms with Gasteiger partial charge in [-0.1, -0.05) is 88.4 Å². The number of hydrogen-bond acceptors (Lipinski definition) is 6. The topological polar surface area (TPSA) is 123 Å². The zero-order valence-corrected chi connectivity index (χ0v) is 26.6. The summed E-state index contributed by atoms with van der Waals surface area (Å²) in [5.41, 5.74) is 2.65. The van der Waals surface area contributed by atoms with Gasteiger partial charge in [0.2, 0.25) is 11.8 Å². The lowest BCUT2D eigenvalue weighted by Crippen LogP contribution is -2.58. The summed E-state index contributed by atoms with van der Waals surface area (Å²) in [6, 6.07) is 16.3. The fourth-order valence-electron chi connectivity index (χ4n) is 5.65. The Labute approximate surface area is 270 Å². The van der Waals surface area contributed by atoms with Gasteiger partial charge >= 0.3 is 0 Å². The number of carbonyl (C=O) groups excluding carboxylic acids is 4. The van der Waals surface area contributed by atoms with Gasteiger partial charge in [-0.2, -0.15) is 0 Å². The summed E-state index contributed by atoms with van der Waals surface area (Å²) in [6.45, 7) is 8.41. The average Bonchev–Trinajstić information content (AvgIpc) is 3.03. The van der Waals surface area contributed by atoms with Gasteiger partial charge in [0.25, 0.3) is 11.8 Å². The zero-order valence-electron chi connectivity index (χ0n) is 26.6. The number of benzene rings is 2. The molecule has 5 rings (SSSR count). The lowest BCUT2D eigenvalue weighted by molar-refractivity contribution is -0.130. The minimum atomic E-state index is -0.898. The first kappa shape index (κ1) is 32.3. The van der Waals surface area contributed by atoms with Crippen LogP contribution in [0, 0.1) is 11.8 Å². The van der Waals surface area contributed by atoms with E-state index in [9.17, 15) is 19.2 Å². The molecule has 3 aliphatic rings. The van der Waals surface area contributed by atoms with Crippen molar-refractivity contribution in [2.75, 3.05) is 0 Å². The first-order chi connectivity index (χ1) is 22.1. The normalized spacial score (nSPS) is 23.8. The molecule has 3 aliphatic heterocycles. The molecular weight excluding hydrogens is 580 g/mol. The number of fused-ring (bicyclic) bond motifs is 2. The predicted molar refractivity (Wildman–Crippen MR) is 176 cm³/mol. The van der Waals surface area contributed by atoms with Crippen LogP contribution in [0.5, 0.6) is 0 Å². The molecule has 4 atom stereocenters. The molecule has 1 saturated heterocycles. The average molecular weight is 623 g/mol. The minimum Gasteiger partial charge on any atom is -0.350 e. The second kappa shape index (κ2) is 14.3. The molecule has 4 N–H and O–H groups in total. The standard InChI is InChI=1S/C36H42N6O4/c1-23(2)31-35(45)37-29-15-17-42(20-26-13-9-6-10-14-26)22-28(29)34(44)40-32(24(3)4)36(46)38-30-16-18-41(21-27(30)33(43)39-31)19-25-11-7-5-8-12-25/h5-18,21-24,29-32H,19-20H2,1-4H3,(H,37,45)(H,38,46)(H,39,43)(H,40,44). The number of nitrogens with zero attached hydrogens (tertiary/aromatic N) is 2. The van der Waals surface area contributed by atoms with Crippen molar-refractivity contribution in [3.63, 3.8) is 0 Å². The predicted octanol–water partition coefficient (Wildman–Crippen LogP) is 3.08. The van der Waals surface area contributed by atoms with Crippen LogP contribution < -0.4 is 21.3 Å². The molecule has 240 valence electrons. The fourth-order valence-corrected chi connectivity index (χ4v) is 5.65. The first-order valence-corrected chi connectivity index (χ1v) is 15.7. The summed E-state index contributed by atoms with van der Waals surface area (Å²) in [6.07, 6.45) is 10.5. The Kier molecular flexibility index (Phi) is 10.0. The van der Waals surface area contributed by atoms with Gasteiger partial charge in [0, 0.05) is 37.9 Å². The van der Waals surface area contributed by atoms with Crippen molar-refractivity contribution in [2.24, 2.45) is 11.8 Å². The highest BCUT2D eigenvalue weighted by molar-refractivity contribution is 6.02. The van der Waals surface area contributed by atoms with Gasteiger partial charge in [0.05, 0.1) is 23.2 Å². The van der Waals surface area contributed by atoms with Crippen LogP contribution in [-0.4, -0.2) is 57.6 Å². The molecule has 4 unspecified atom stereocenters. The third kappa shape index (κ3) is 7.74. The Morgan fingerprint density at radius 3 is 1.28 bits per heavy atom. The van der Waals surface area contributed by atoms with Gasteiger partial charge in [-0.05, 0) is 35.1 Å². The maximum Gasteiger partial charge on any atom is 0.251 e. The van der Waals surface area contributed by atoms with E-state index in [1.54, 1.807) is 24.6 Å². The Bertz CT molecular complexity index is 1450. The van der Waals surface area contributed by atoms with Crippen LogP contribution in [0.15, 0.2) is 109 Å². The Hall–Kier alpha value is -5.12. The van der Waals surface area contributed by atoms with Gasteiger partial charge in [0.15, 0.2) is 0 Å². The largest absolute Gasteiger partial charge is 0.350 e. The van der Waals surface area contributed by atoms with Gasteiger partial charge in [-0.3, -0.25) is 19.2 Å². The Morgan fingerprint density at radius 2 is 0.935 bits per heavy atom.